The van der Waals surface area contributed by atoms with Gasteiger partial charge < -0.3 is 19.4 Å². The molecule has 0 bridgehead atoms. The van der Waals surface area contributed by atoms with Crippen molar-refractivity contribution in [2.45, 2.75) is 116 Å². The fourth-order valence-electron chi connectivity index (χ4n) is 5.54. The molecule has 1 aromatic rings. The molecule has 1 N–H and O–H groups in total. The maximum absolute atomic E-state index is 13.6. The van der Waals surface area contributed by atoms with Crippen LogP contribution in [0.4, 0.5) is 4.79 Å². The fourth-order valence-corrected chi connectivity index (χ4v) is 6.84. The van der Waals surface area contributed by atoms with Crippen LogP contribution in [0, 0.1) is 11.8 Å². The SMILES string of the molecule is CC(C)(C)OC(=O)NCCCN1C(=O)[C@H]2CCCC[C@H]2[C@H]1C[C@H](O[Si](C)(C)C(C)(C)C)c1ccccc1. The number of alkyl carbamates (subject to hydrolysis) is 1. The first kappa shape index (κ1) is 29.7. The van der Waals surface area contributed by atoms with Crippen molar-refractivity contribution in [3.05, 3.63) is 35.9 Å². The molecule has 0 aromatic heterocycles. The van der Waals surface area contributed by atoms with Gasteiger partial charge in [-0.3, -0.25) is 4.79 Å². The maximum atomic E-state index is 13.6. The minimum atomic E-state index is -2.03. The Morgan fingerprint density at radius 1 is 1.08 bits per heavy atom. The molecule has 7 heteroatoms. The zero-order valence-corrected chi connectivity index (χ0v) is 25.4. The minimum absolute atomic E-state index is 0.0389. The number of fused-ring (bicyclic) bond motifs is 1. The van der Waals surface area contributed by atoms with E-state index in [9.17, 15) is 9.59 Å². The molecule has 1 saturated heterocycles. The van der Waals surface area contributed by atoms with Crippen molar-refractivity contribution >= 4 is 20.3 Å². The number of benzene rings is 1. The van der Waals surface area contributed by atoms with E-state index in [1.165, 1.54) is 12.0 Å². The summed E-state index contributed by atoms with van der Waals surface area (Å²) in [6, 6.07) is 10.7. The van der Waals surface area contributed by atoms with Gasteiger partial charge in [-0.1, -0.05) is 63.9 Å². The Bertz CT molecular complexity index is 906. The average molecular weight is 531 g/mol. The first-order valence-electron chi connectivity index (χ1n) is 14.2. The monoisotopic (exact) mass is 530 g/mol. The molecule has 1 aliphatic heterocycles. The number of amides is 2. The summed E-state index contributed by atoms with van der Waals surface area (Å²) in [6.07, 6.45) is 5.51. The summed E-state index contributed by atoms with van der Waals surface area (Å²) in [6.45, 7) is 18.2. The largest absolute Gasteiger partial charge is 0.444 e. The quantitative estimate of drug-likeness (QED) is 0.274. The Balaban J connectivity index is 1.77. The maximum Gasteiger partial charge on any atom is 0.407 e. The summed E-state index contributed by atoms with van der Waals surface area (Å²) >= 11 is 0. The van der Waals surface area contributed by atoms with Crippen LogP contribution in [-0.4, -0.2) is 50.0 Å². The summed E-state index contributed by atoms with van der Waals surface area (Å²) in [5.41, 5.74) is 0.678. The van der Waals surface area contributed by atoms with E-state index in [4.69, 9.17) is 9.16 Å². The highest BCUT2D eigenvalue weighted by Crippen LogP contribution is 2.46. The van der Waals surface area contributed by atoms with E-state index in [1.807, 2.05) is 26.8 Å². The Hall–Kier alpha value is -1.86. The van der Waals surface area contributed by atoms with E-state index < -0.39 is 20.0 Å². The van der Waals surface area contributed by atoms with E-state index in [0.717, 1.165) is 25.7 Å². The minimum Gasteiger partial charge on any atom is -0.444 e. The van der Waals surface area contributed by atoms with Crippen LogP contribution >= 0.6 is 0 Å². The number of hydrogen-bond acceptors (Lipinski definition) is 4. The normalized spacial score (nSPS) is 23.5. The third-order valence-electron chi connectivity index (χ3n) is 8.43. The number of likely N-dealkylation sites (tertiary alicyclic amines) is 1. The number of rotatable bonds is 9. The van der Waals surface area contributed by atoms with Crippen molar-refractivity contribution in [2.24, 2.45) is 11.8 Å². The molecule has 3 rings (SSSR count). The number of nitrogens with one attached hydrogen (secondary N) is 1. The number of carbonyl (C=O) groups is 2. The summed E-state index contributed by atoms with van der Waals surface area (Å²) in [5.74, 6) is 0.808. The lowest BCUT2D eigenvalue weighted by Gasteiger charge is -2.41. The molecular formula is C30H50N2O4Si. The summed E-state index contributed by atoms with van der Waals surface area (Å²) in [5, 5.41) is 2.95. The molecule has 0 spiro atoms. The van der Waals surface area contributed by atoms with Crippen molar-refractivity contribution < 1.29 is 18.8 Å². The topological polar surface area (TPSA) is 67.9 Å². The second-order valence-corrected chi connectivity index (χ2v) is 18.2. The van der Waals surface area contributed by atoms with E-state index in [-0.39, 0.29) is 23.1 Å². The molecule has 2 amide bonds. The van der Waals surface area contributed by atoms with Crippen LogP contribution in [0.5, 0.6) is 0 Å². The molecule has 2 fully saturated rings. The molecule has 6 nitrogen and oxygen atoms in total. The molecule has 37 heavy (non-hydrogen) atoms. The second-order valence-electron chi connectivity index (χ2n) is 13.4. The lowest BCUT2D eigenvalue weighted by Crippen LogP contribution is -2.44. The molecule has 1 aromatic carbocycles. The van der Waals surface area contributed by atoms with Crippen LogP contribution in [-0.2, 0) is 14.0 Å². The van der Waals surface area contributed by atoms with Crippen molar-refractivity contribution in [3.63, 3.8) is 0 Å². The Morgan fingerprint density at radius 2 is 1.73 bits per heavy atom. The molecule has 1 heterocycles. The standard InChI is InChI=1S/C30H50N2O4Si/c1-29(2,3)35-28(34)31-19-14-20-32-25(23-17-12-13-18-24(23)27(32)33)21-26(22-15-10-9-11-16-22)36-37(7,8)30(4,5)6/h9-11,15-16,23-26H,12-14,17-21H2,1-8H3,(H,31,34)/t23-,24+,25-,26+/m1/s1. The van der Waals surface area contributed by atoms with E-state index in [0.29, 0.717) is 31.3 Å². The van der Waals surface area contributed by atoms with Crippen LogP contribution < -0.4 is 5.32 Å². The first-order chi connectivity index (χ1) is 17.2. The number of ether oxygens (including phenoxy) is 1. The van der Waals surface area contributed by atoms with Crippen LogP contribution in [0.1, 0.15) is 91.7 Å². The van der Waals surface area contributed by atoms with Crippen LogP contribution in [0.15, 0.2) is 30.3 Å². The van der Waals surface area contributed by atoms with Gasteiger partial charge in [0, 0.05) is 25.0 Å². The van der Waals surface area contributed by atoms with Gasteiger partial charge in [-0.05, 0) is 76.1 Å². The molecule has 0 unspecified atom stereocenters. The third-order valence-corrected chi connectivity index (χ3v) is 12.9. The van der Waals surface area contributed by atoms with Gasteiger partial charge in [-0.2, -0.15) is 0 Å². The van der Waals surface area contributed by atoms with Gasteiger partial charge in [-0.15, -0.1) is 0 Å². The zero-order valence-electron chi connectivity index (χ0n) is 24.4. The summed E-state index contributed by atoms with van der Waals surface area (Å²) in [4.78, 5) is 27.8. The predicted octanol–water partition coefficient (Wildman–Crippen LogP) is 7.07. The van der Waals surface area contributed by atoms with Crippen molar-refractivity contribution in [1.82, 2.24) is 10.2 Å². The Labute approximate surface area is 226 Å². The fraction of sp³-hybridized carbons (Fsp3) is 0.733. The lowest BCUT2D eigenvalue weighted by atomic mass is 9.77. The second kappa shape index (κ2) is 11.9. The highest BCUT2D eigenvalue weighted by Gasteiger charge is 2.49. The smallest absolute Gasteiger partial charge is 0.407 e. The molecule has 1 aliphatic carbocycles. The Morgan fingerprint density at radius 3 is 2.35 bits per heavy atom. The van der Waals surface area contributed by atoms with Gasteiger partial charge in [-0.25, -0.2) is 4.79 Å². The lowest BCUT2D eigenvalue weighted by molar-refractivity contribution is -0.132. The predicted molar refractivity (Wildman–Crippen MR) is 152 cm³/mol. The zero-order chi connectivity index (χ0) is 27.4. The molecular weight excluding hydrogens is 480 g/mol. The van der Waals surface area contributed by atoms with Gasteiger partial charge in [0.25, 0.3) is 0 Å². The number of hydrogen-bond donors (Lipinski definition) is 1. The van der Waals surface area contributed by atoms with Crippen molar-refractivity contribution in [2.75, 3.05) is 13.1 Å². The molecule has 0 radical (unpaired) electrons. The molecule has 208 valence electrons. The van der Waals surface area contributed by atoms with Gasteiger partial charge in [0.15, 0.2) is 8.32 Å². The van der Waals surface area contributed by atoms with Crippen LogP contribution in [0.3, 0.4) is 0 Å². The van der Waals surface area contributed by atoms with Crippen molar-refractivity contribution in [1.29, 1.82) is 0 Å². The van der Waals surface area contributed by atoms with E-state index >= 15 is 0 Å². The van der Waals surface area contributed by atoms with Gasteiger partial charge >= 0.3 is 6.09 Å². The van der Waals surface area contributed by atoms with Crippen molar-refractivity contribution in [3.8, 4) is 0 Å². The summed E-state index contributed by atoms with van der Waals surface area (Å²) < 4.78 is 12.4. The van der Waals surface area contributed by atoms with Gasteiger partial charge in [0.05, 0.1) is 6.10 Å². The van der Waals surface area contributed by atoms with Crippen LogP contribution in [0.2, 0.25) is 18.1 Å². The van der Waals surface area contributed by atoms with Gasteiger partial charge in [0.2, 0.25) is 5.91 Å². The van der Waals surface area contributed by atoms with Crippen LogP contribution in [0.25, 0.3) is 0 Å². The van der Waals surface area contributed by atoms with E-state index in [2.05, 4.69) is 68.3 Å². The highest BCUT2D eigenvalue weighted by atomic mass is 28.4. The Kier molecular flexibility index (Phi) is 9.54. The number of carbonyl (C=O) groups excluding carboxylic acids is 2. The molecule has 1 saturated carbocycles. The van der Waals surface area contributed by atoms with E-state index in [1.54, 1.807) is 0 Å². The third kappa shape index (κ3) is 7.82. The molecule has 2 aliphatic rings. The molecule has 4 atom stereocenters. The first-order valence-corrected chi connectivity index (χ1v) is 17.1. The number of nitrogens with zero attached hydrogens (tertiary/aromatic N) is 1. The summed E-state index contributed by atoms with van der Waals surface area (Å²) in [7, 11) is -2.03. The highest BCUT2D eigenvalue weighted by molar-refractivity contribution is 6.74. The van der Waals surface area contributed by atoms with Gasteiger partial charge in [0.1, 0.15) is 5.60 Å². The average Bonchev–Trinajstić information content (AvgIpc) is 3.06.